The first-order valence-corrected chi connectivity index (χ1v) is 8.24. The molecule has 0 bridgehead atoms. The van der Waals surface area contributed by atoms with Crippen molar-refractivity contribution in [1.29, 1.82) is 0 Å². The number of likely N-dealkylation sites (tertiary alicyclic amines) is 1. The van der Waals surface area contributed by atoms with Gasteiger partial charge in [0, 0.05) is 25.9 Å². The molecule has 3 rings (SSSR count). The fourth-order valence-electron chi connectivity index (χ4n) is 3.24. The maximum atomic E-state index is 12.5. The Morgan fingerprint density at radius 1 is 1.17 bits per heavy atom. The highest BCUT2D eigenvalue weighted by Crippen LogP contribution is 2.30. The minimum absolute atomic E-state index is 0.0134. The van der Waals surface area contributed by atoms with Crippen LogP contribution in [-0.4, -0.2) is 29.8 Å². The Morgan fingerprint density at radius 2 is 1.96 bits per heavy atom. The Balaban J connectivity index is 1.69. The fourth-order valence-corrected chi connectivity index (χ4v) is 3.24. The third kappa shape index (κ3) is 3.85. The number of piperidine rings is 1. The van der Waals surface area contributed by atoms with Crippen LogP contribution in [0.25, 0.3) is 0 Å². The van der Waals surface area contributed by atoms with Crippen molar-refractivity contribution in [2.24, 2.45) is 5.92 Å². The average Bonchev–Trinajstić information content (AvgIpc) is 3.13. The quantitative estimate of drug-likeness (QED) is 0.939. The third-order valence-corrected chi connectivity index (χ3v) is 4.55. The average molecular weight is 326 g/mol. The van der Waals surface area contributed by atoms with Gasteiger partial charge in [-0.1, -0.05) is 30.3 Å². The second kappa shape index (κ2) is 7.34. The first-order valence-electron chi connectivity index (χ1n) is 8.24. The number of carbonyl (C=O) groups is 2. The Labute approximate surface area is 141 Å². The highest BCUT2D eigenvalue weighted by molar-refractivity contribution is 5.80. The SMILES string of the molecule is CC(=O)N1CC(C(=O)NCc2ccco2)CC(c2ccccc2)C1. The molecule has 0 saturated carbocycles. The second-order valence-electron chi connectivity index (χ2n) is 6.26. The normalized spacial score (nSPS) is 20.6. The van der Waals surface area contributed by atoms with E-state index < -0.39 is 0 Å². The van der Waals surface area contributed by atoms with Gasteiger partial charge in [-0.15, -0.1) is 0 Å². The summed E-state index contributed by atoms with van der Waals surface area (Å²) in [6, 6.07) is 13.7. The van der Waals surface area contributed by atoms with Gasteiger partial charge < -0.3 is 14.6 Å². The molecule has 1 fully saturated rings. The lowest BCUT2D eigenvalue weighted by atomic mass is 9.84. The molecule has 1 aliphatic heterocycles. The van der Waals surface area contributed by atoms with Gasteiger partial charge in [-0.3, -0.25) is 9.59 Å². The van der Waals surface area contributed by atoms with E-state index in [4.69, 9.17) is 4.42 Å². The van der Waals surface area contributed by atoms with Gasteiger partial charge in [0.25, 0.3) is 0 Å². The Bertz CT molecular complexity index is 682. The summed E-state index contributed by atoms with van der Waals surface area (Å²) in [5.74, 6) is 0.686. The third-order valence-electron chi connectivity index (χ3n) is 4.55. The number of rotatable bonds is 4. The largest absolute Gasteiger partial charge is 0.467 e. The van der Waals surface area contributed by atoms with Gasteiger partial charge in [-0.25, -0.2) is 0 Å². The van der Waals surface area contributed by atoms with Gasteiger partial charge >= 0.3 is 0 Å². The molecular formula is C19H22N2O3. The summed E-state index contributed by atoms with van der Waals surface area (Å²) >= 11 is 0. The first kappa shape index (κ1) is 16.3. The summed E-state index contributed by atoms with van der Waals surface area (Å²) in [7, 11) is 0. The summed E-state index contributed by atoms with van der Waals surface area (Å²) in [6.07, 6.45) is 2.34. The molecule has 0 spiro atoms. The van der Waals surface area contributed by atoms with Crippen LogP contribution in [0.3, 0.4) is 0 Å². The lowest BCUT2D eigenvalue weighted by molar-refractivity contribution is -0.134. The number of carbonyl (C=O) groups excluding carboxylic acids is 2. The molecule has 2 heterocycles. The predicted molar refractivity (Wildman–Crippen MR) is 90.1 cm³/mol. The maximum absolute atomic E-state index is 12.5. The highest BCUT2D eigenvalue weighted by atomic mass is 16.3. The minimum atomic E-state index is -0.206. The first-order chi connectivity index (χ1) is 11.6. The van der Waals surface area contributed by atoms with E-state index in [2.05, 4.69) is 17.4 Å². The molecule has 2 amide bonds. The molecule has 1 aliphatic rings. The zero-order valence-electron chi connectivity index (χ0n) is 13.8. The minimum Gasteiger partial charge on any atom is -0.467 e. The number of furan rings is 1. The second-order valence-corrected chi connectivity index (χ2v) is 6.26. The van der Waals surface area contributed by atoms with Gasteiger partial charge in [-0.2, -0.15) is 0 Å². The van der Waals surface area contributed by atoms with E-state index in [1.54, 1.807) is 24.2 Å². The van der Waals surface area contributed by atoms with Crippen LogP contribution < -0.4 is 5.32 Å². The number of amides is 2. The van der Waals surface area contributed by atoms with E-state index in [-0.39, 0.29) is 23.7 Å². The summed E-state index contributed by atoms with van der Waals surface area (Å²) in [5, 5.41) is 2.92. The molecule has 1 saturated heterocycles. The highest BCUT2D eigenvalue weighted by Gasteiger charge is 2.33. The summed E-state index contributed by atoms with van der Waals surface area (Å²) < 4.78 is 5.24. The molecule has 5 nitrogen and oxygen atoms in total. The van der Waals surface area contributed by atoms with Crippen LogP contribution in [0.4, 0.5) is 0 Å². The molecule has 2 aromatic rings. The van der Waals surface area contributed by atoms with Crippen LogP contribution in [0.2, 0.25) is 0 Å². The van der Waals surface area contributed by atoms with Crippen molar-refractivity contribution in [3.8, 4) is 0 Å². The number of nitrogens with one attached hydrogen (secondary N) is 1. The van der Waals surface area contributed by atoms with Crippen LogP contribution >= 0.6 is 0 Å². The lowest BCUT2D eigenvalue weighted by Crippen LogP contribution is -2.47. The van der Waals surface area contributed by atoms with Crippen LogP contribution in [0, 0.1) is 5.92 Å². The Kier molecular flexibility index (Phi) is 4.99. The molecule has 1 N–H and O–H groups in total. The van der Waals surface area contributed by atoms with Crippen molar-refractivity contribution in [1.82, 2.24) is 10.2 Å². The fraction of sp³-hybridized carbons (Fsp3) is 0.368. The molecule has 1 aromatic heterocycles. The monoisotopic (exact) mass is 326 g/mol. The molecule has 5 heteroatoms. The van der Waals surface area contributed by atoms with Crippen molar-refractivity contribution in [3.05, 3.63) is 60.1 Å². The molecular weight excluding hydrogens is 304 g/mol. The molecule has 0 radical (unpaired) electrons. The Hall–Kier alpha value is -2.56. The zero-order valence-corrected chi connectivity index (χ0v) is 13.8. The number of nitrogens with zero attached hydrogens (tertiary/aromatic N) is 1. The van der Waals surface area contributed by atoms with Crippen molar-refractivity contribution in [2.45, 2.75) is 25.8 Å². The van der Waals surface area contributed by atoms with E-state index >= 15 is 0 Å². The summed E-state index contributed by atoms with van der Waals surface area (Å²) in [6.45, 7) is 3.08. The molecule has 126 valence electrons. The van der Waals surface area contributed by atoms with E-state index in [9.17, 15) is 9.59 Å². The van der Waals surface area contributed by atoms with Crippen molar-refractivity contribution < 1.29 is 14.0 Å². The molecule has 0 aliphatic carbocycles. The van der Waals surface area contributed by atoms with Gasteiger partial charge in [0.2, 0.25) is 11.8 Å². The van der Waals surface area contributed by atoms with Gasteiger partial charge in [0.1, 0.15) is 5.76 Å². The van der Waals surface area contributed by atoms with Crippen molar-refractivity contribution >= 4 is 11.8 Å². The molecule has 2 atom stereocenters. The zero-order chi connectivity index (χ0) is 16.9. The summed E-state index contributed by atoms with van der Waals surface area (Å²) in [5.41, 5.74) is 1.17. The van der Waals surface area contributed by atoms with Gasteiger partial charge in [0.15, 0.2) is 0 Å². The number of hydrogen-bond acceptors (Lipinski definition) is 3. The smallest absolute Gasteiger partial charge is 0.225 e. The predicted octanol–water partition coefficient (Wildman–Crippen LogP) is 2.55. The number of hydrogen-bond donors (Lipinski definition) is 1. The molecule has 24 heavy (non-hydrogen) atoms. The number of benzene rings is 1. The summed E-state index contributed by atoms with van der Waals surface area (Å²) in [4.78, 5) is 26.2. The standard InChI is InChI=1S/C19H22N2O3/c1-14(22)21-12-16(15-6-3-2-4-7-15)10-17(13-21)19(23)20-11-18-8-5-9-24-18/h2-9,16-17H,10-13H2,1H3,(H,20,23). The Morgan fingerprint density at radius 3 is 2.62 bits per heavy atom. The van der Waals surface area contributed by atoms with Crippen LogP contribution in [-0.2, 0) is 16.1 Å². The maximum Gasteiger partial charge on any atom is 0.225 e. The van der Waals surface area contributed by atoms with E-state index in [1.807, 2.05) is 24.3 Å². The van der Waals surface area contributed by atoms with Gasteiger partial charge in [-0.05, 0) is 24.1 Å². The van der Waals surface area contributed by atoms with E-state index in [0.717, 1.165) is 12.2 Å². The topological polar surface area (TPSA) is 62.6 Å². The van der Waals surface area contributed by atoms with Gasteiger partial charge in [0.05, 0.1) is 18.7 Å². The van der Waals surface area contributed by atoms with Crippen LogP contribution in [0.1, 0.15) is 30.6 Å². The molecule has 2 unspecified atom stereocenters. The van der Waals surface area contributed by atoms with E-state index in [1.165, 1.54) is 5.56 Å². The van der Waals surface area contributed by atoms with Crippen LogP contribution in [0.15, 0.2) is 53.1 Å². The van der Waals surface area contributed by atoms with Crippen molar-refractivity contribution in [2.75, 3.05) is 13.1 Å². The van der Waals surface area contributed by atoms with Crippen LogP contribution in [0.5, 0.6) is 0 Å². The van der Waals surface area contributed by atoms with Crippen molar-refractivity contribution in [3.63, 3.8) is 0 Å². The van der Waals surface area contributed by atoms with E-state index in [0.29, 0.717) is 19.6 Å². The lowest BCUT2D eigenvalue weighted by Gasteiger charge is -2.37. The molecule has 1 aromatic carbocycles.